The minimum atomic E-state index is -3.35. The highest BCUT2D eigenvalue weighted by molar-refractivity contribution is 7.92. The molecule has 0 unspecified atom stereocenters. The van der Waals surface area contributed by atoms with Gasteiger partial charge in [0, 0.05) is 18.5 Å². The molecule has 2 aromatic carbocycles. The zero-order valence-corrected chi connectivity index (χ0v) is 16.2. The molecular weight excluding hydrogens is 362 g/mol. The molecule has 0 bridgehead atoms. The molecule has 2 aromatic rings. The minimum absolute atomic E-state index is 0.00698. The van der Waals surface area contributed by atoms with Crippen molar-refractivity contribution in [1.29, 1.82) is 0 Å². The fraction of sp³-hybridized carbons (Fsp3) is 0.300. The van der Waals surface area contributed by atoms with E-state index in [4.69, 9.17) is 0 Å². The van der Waals surface area contributed by atoms with E-state index in [1.807, 2.05) is 43.3 Å². The standard InChI is InChI=1S/C20H23N3O3S/c1-3-20(24)23-19(15-9-6-5-7-10-15)14-18(21-23)16-11-8-12-17(13-16)22-27(25,26)4-2/h5-13,19,22H,3-4,14H2,1-2H3/t19-/m1/s1. The highest BCUT2D eigenvalue weighted by Gasteiger charge is 2.32. The smallest absolute Gasteiger partial charge is 0.242 e. The van der Waals surface area contributed by atoms with Gasteiger partial charge in [-0.1, -0.05) is 49.4 Å². The van der Waals surface area contributed by atoms with Gasteiger partial charge in [-0.3, -0.25) is 9.52 Å². The fourth-order valence-electron chi connectivity index (χ4n) is 3.03. The molecule has 6 nitrogen and oxygen atoms in total. The molecule has 1 aliphatic rings. The number of hydrazone groups is 1. The van der Waals surface area contributed by atoms with Gasteiger partial charge in [0.15, 0.2) is 0 Å². The highest BCUT2D eigenvalue weighted by Crippen LogP contribution is 2.33. The Balaban J connectivity index is 1.91. The zero-order chi connectivity index (χ0) is 19.4. The molecule has 1 N–H and O–H groups in total. The van der Waals surface area contributed by atoms with Gasteiger partial charge in [0.25, 0.3) is 0 Å². The van der Waals surface area contributed by atoms with Crippen molar-refractivity contribution >= 4 is 27.3 Å². The lowest BCUT2D eigenvalue weighted by Gasteiger charge is -2.21. The summed E-state index contributed by atoms with van der Waals surface area (Å²) in [6, 6.07) is 16.8. The van der Waals surface area contributed by atoms with Crippen molar-refractivity contribution in [3.8, 4) is 0 Å². The van der Waals surface area contributed by atoms with Gasteiger partial charge in [-0.15, -0.1) is 0 Å². The first-order valence-electron chi connectivity index (χ1n) is 8.99. The maximum absolute atomic E-state index is 12.4. The number of sulfonamides is 1. The number of rotatable bonds is 6. The van der Waals surface area contributed by atoms with Crippen molar-refractivity contribution in [1.82, 2.24) is 5.01 Å². The molecule has 1 amide bonds. The van der Waals surface area contributed by atoms with E-state index < -0.39 is 10.0 Å². The number of carbonyl (C=O) groups excluding carboxylic acids is 1. The second-order valence-corrected chi connectivity index (χ2v) is 8.37. The van der Waals surface area contributed by atoms with Gasteiger partial charge in [0.2, 0.25) is 15.9 Å². The number of hydrogen-bond acceptors (Lipinski definition) is 4. The third kappa shape index (κ3) is 4.36. The lowest BCUT2D eigenvalue weighted by Crippen LogP contribution is -2.26. The first kappa shape index (κ1) is 19.1. The number of nitrogens with zero attached hydrogens (tertiary/aromatic N) is 2. The lowest BCUT2D eigenvalue weighted by molar-refractivity contribution is -0.132. The summed E-state index contributed by atoms with van der Waals surface area (Å²) < 4.78 is 26.2. The Kier molecular flexibility index (Phi) is 5.60. The summed E-state index contributed by atoms with van der Waals surface area (Å²) in [6.07, 6.45) is 0.955. The third-order valence-electron chi connectivity index (χ3n) is 4.50. The van der Waals surface area contributed by atoms with Crippen molar-refractivity contribution in [2.24, 2.45) is 5.10 Å². The summed E-state index contributed by atoms with van der Waals surface area (Å²) in [5, 5.41) is 6.12. The Bertz CT molecular complexity index is 955. The highest BCUT2D eigenvalue weighted by atomic mass is 32.2. The molecule has 0 aromatic heterocycles. The lowest BCUT2D eigenvalue weighted by atomic mass is 9.98. The van der Waals surface area contributed by atoms with Crippen LogP contribution in [-0.4, -0.2) is 30.8 Å². The van der Waals surface area contributed by atoms with Crippen molar-refractivity contribution in [2.45, 2.75) is 32.7 Å². The van der Waals surface area contributed by atoms with Gasteiger partial charge < -0.3 is 0 Å². The van der Waals surface area contributed by atoms with Crippen LogP contribution in [0.25, 0.3) is 0 Å². The van der Waals surface area contributed by atoms with Gasteiger partial charge >= 0.3 is 0 Å². The second-order valence-electron chi connectivity index (χ2n) is 6.36. The van der Waals surface area contributed by atoms with E-state index in [9.17, 15) is 13.2 Å². The van der Waals surface area contributed by atoms with Crippen LogP contribution in [0.5, 0.6) is 0 Å². The number of hydrogen-bond donors (Lipinski definition) is 1. The number of benzene rings is 2. The van der Waals surface area contributed by atoms with E-state index in [-0.39, 0.29) is 17.7 Å². The van der Waals surface area contributed by atoms with E-state index in [0.29, 0.717) is 18.5 Å². The van der Waals surface area contributed by atoms with Gasteiger partial charge in [-0.2, -0.15) is 5.10 Å². The summed E-state index contributed by atoms with van der Waals surface area (Å²) in [5.41, 5.74) is 3.09. The Morgan fingerprint density at radius 1 is 1.15 bits per heavy atom. The molecule has 0 spiro atoms. The molecular formula is C20H23N3O3S. The van der Waals surface area contributed by atoms with Crippen LogP contribution in [0.1, 0.15) is 43.9 Å². The molecule has 27 heavy (non-hydrogen) atoms. The van der Waals surface area contributed by atoms with Crippen LogP contribution in [0, 0.1) is 0 Å². The average Bonchev–Trinajstić information content (AvgIpc) is 3.13. The van der Waals surface area contributed by atoms with E-state index in [2.05, 4.69) is 9.82 Å². The first-order chi connectivity index (χ1) is 12.9. The predicted molar refractivity (Wildman–Crippen MR) is 107 cm³/mol. The summed E-state index contributed by atoms with van der Waals surface area (Å²) in [5.74, 6) is -0.0331. The normalized spacial score (nSPS) is 16.9. The molecule has 7 heteroatoms. The third-order valence-corrected chi connectivity index (χ3v) is 5.81. The average molecular weight is 385 g/mol. The summed E-state index contributed by atoms with van der Waals surface area (Å²) in [6.45, 7) is 3.41. The molecule has 1 heterocycles. The molecule has 1 atom stereocenters. The number of carbonyl (C=O) groups is 1. The van der Waals surface area contributed by atoms with Crippen molar-refractivity contribution in [3.05, 3.63) is 65.7 Å². The predicted octanol–water partition coefficient (Wildman–Crippen LogP) is 3.54. The van der Waals surface area contributed by atoms with E-state index in [1.165, 1.54) is 0 Å². The largest absolute Gasteiger partial charge is 0.284 e. The van der Waals surface area contributed by atoms with Crippen LogP contribution in [0.4, 0.5) is 5.69 Å². The molecule has 0 saturated heterocycles. The number of amides is 1. The van der Waals surface area contributed by atoms with Crippen molar-refractivity contribution in [2.75, 3.05) is 10.5 Å². The van der Waals surface area contributed by atoms with Crippen LogP contribution in [0.3, 0.4) is 0 Å². The zero-order valence-electron chi connectivity index (χ0n) is 15.4. The topological polar surface area (TPSA) is 78.8 Å². The molecule has 1 aliphatic heterocycles. The van der Waals surface area contributed by atoms with Crippen LogP contribution in [0.2, 0.25) is 0 Å². The molecule has 0 saturated carbocycles. The number of nitrogens with one attached hydrogen (secondary N) is 1. The Morgan fingerprint density at radius 3 is 2.56 bits per heavy atom. The Morgan fingerprint density at radius 2 is 1.89 bits per heavy atom. The van der Waals surface area contributed by atoms with E-state index >= 15 is 0 Å². The van der Waals surface area contributed by atoms with Crippen LogP contribution < -0.4 is 4.72 Å². The molecule has 3 rings (SSSR count). The molecule has 0 fully saturated rings. The summed E-state index contributed by atoms with van der Waals surface area (Å²) >= 11 is 0. The van der Waals surface area contributed by atoms with Crippen LogP contribution in [-0.2, 0) is 14.8 Å². The SMILES string of the molecule is CCC(=O)N1N=C(c2cccc(NS(=O)(=O)CC)c2)C[C@@H]1c1ccccc1. The summed E-state index contributed by atoms with van der Waals surface area (Å²) in [7, 11) is -3.35. The number of anilines is 1. The fourth-order valence-corrected chi connectivity index (χ4v) is 3.66. The second kappa shape index (κ2) is 7.92. The van der Waals surface area contributed by atoms with Crippen LogP contribution >= 0.6 is 0 Å². The van der Waals surface area contributed by atoms with Gasteiger partial charge in [-0.05, 0) is 30.2 Å². The van der Waals surface area contributed by atoms with Gasteiger partial charge in [-0.25, -0.2) is 13.4 Å². The van der Waals surface area contributed by atoms with Crippen molar-refractivity contribution < 1.29 is 13.2 Å². The van der Waals surface area contributed by atoms with E-state index in [0.717, 1.165) is 16.8 Å². The van der Waals surface area contributed by atoms with Crippen molar-refractivity contribution in [3.63, 3.8) is 0 Å². The van der Waals surface area contributed by atoms with Crippen LogP contribution in [0.15, 0.2) is 59.7 Å². The monoisotopic (exact) mass is 385 g/mol. The molecule has 142 valence electrons. The maximum Gasteiger partial charge on any atom is 0.242 e. The molecule has 0 aliphatic carbocycles. The Labute approximate surface area is 159 Å². The van der Waals surface area contributed by atoms with E-state index in [1.54, 1.807) is 30.1 Å². The van der Waals surface area contributed by atoms with Gasteiger partial charge in [0.05, 0.1) is 17.5 Å². The maximum atomic E-state index is 12.4. The molecule has 0 radical (unpaired) electrons. The minimum Gasteiger partial charge on any atom is -0.284 e. The first-order valence-corrected chi connectivity index (χ1v) is 10.6. The van der Waals surface area contributed by atoms with Gasteiger partial charge in [0.1, 0.15) is 0 Å². The summed E-state index contributed by atoms with van der Waals surface area (Å²) in [4.78, 5) is 12.4. The Hall–Kier alpha value is -2.67. The quantitative estimate of drug-likeness (QED) is 0.826.